The van der Waals surface area contributed by atoms with E-state index in [1.54, 1.807) is 7.11 Å². The molecule has 0 aliphatic heterocycles. The summed E-state index contributed by atoms with van der Waals surface area (Å²) in [6, 6.07) is 7.78. The highest BCUT2D eigenvalue weighted by atomic mass is 16.5. The maximum atomic E-state index is 11.7. The van der Waals surface area contributed by atoms with Crippen LogP contribution in [0.15, 0.2) is 24.3 Å². The van der Waals surface area contributed by atoms with Crippen molar-refractivity contribution in [3.05, 3.63) is 29.8 Å². The van der Waals surface area contributed by atoms with Crippen LogP contribution >= 0.6 is 0 Å². The molecular weight excluding hydrogens is 254 g/mol. The summed E-state index contributed by atoms with van der Waals surface area (Å²) in [6.07, 6.45) is 0.339. The zero-order valence-electron chi connectivity index (χ0n) is 12.7. The quantitative estimate of drug-likeness (QED) is 0.786. The van der Waals surface area contributed by atoms with Crippen molar-refractivity contribution >= 4 is 5.91 Å². The third kappa shape index (κ3) is 4.83. The molecule has 1 amide bonds. The molecule has 2 atom stereocenters. The lowest BCUT2D eigenvalue weighted by Crippen LogP contribution is -2.36. The fourth-order valence-electron chi connectivity index (χ4n) is 2.09. The summed E-state index contributed by atoms with van der Waals surface area (Å²) < 4.78 is 5.39. The van der Waals surface area contributed by atoms with Crippen LogP contribution in [0.1, 0.15) is 24.9 Å². The van der Waals surface area contributed by atoms with Crippen LogP contribution in [0.5, 0.6) is 5.75 Å². The standard InChI is InChI=1S/C15H25N3O2/c1-11(16)9-15(19)17-10-13(18(2)3)12-7-5-6-8-14(12)20-4/h5-8,11,13H,9-10,16H2,1-4H3,(H,17,19). The van der Waals surface area contributed by atoms with E-state index in [0.29, 0.717) is 13.0 Å². The van der Waals surface area contributed by atoms with Gasteiger partial charge in [-0.3, -0.25) is 4.79 Å². The number of benzene rings is 1. The zero-order valence-corrected chi connectivity index (χ0v) is 12.7. The number of hydrogen-bond donors (Lipinski definition) is 2. The van der Waals surface area contributed by atoms with Crippen molar-refractivity contribution in [2.45, 2.75) is 25.4 Å². The molecule has 5 nitrogen and oxygen atoms in total. The Morgan fingerprint density at radius 2 is 2.05 bits per heavy atom. The minimum absolute atomic E-state index is 0.0262. The summed E-state index contributed by atoms with van der Waals surface area (Å²) >= 11 is 0. The first-order chi connectivity index (χ1) is 9.45. The van der Waals surface area contributed by atoms with E-state index in [0.717, 1.165) is 11.3 Å². The number of amides is 1. The maximum Gasteiger partial charge on any atom is 0.221 e. The summed E-state index contributed by atoms with van der Waals surface area (Å²) in [5, 5.41) is 2.93. The molecule has 5 heteroatoms. The van der Waals surface area contributed by atoms with E-state index in [1.165, 1.54) is 0 Å². The van der Waals surface area contributed by atoms with Crippen LogP contribution in [0.4, 0.5) is 0 Å². The molecule has 1 rings (SSSR count). The first-order valence-corrected chi connectivity index (χ1v) is 6.77. The zero-order chi connectivity index (χ0) is 15.1. The largest absolute Gasteiger partial charge is 0.496 e. The Balaban J connectivity index is 2.77. The van der Waals surface area contributed by atoms with Gasteiger partial charge in [-0.15, -0.1) is 0 Å². The lowest BCUT2D eigenvalue weighted by atomic mass is 10.0. The van der Waals surface area contributed by atoms with Gasteiger partial charge in [0.1, 0.15) is 5.75 Å². The first-order valence-electron chi connectivity index (χ1n) is 6.77. The second kappa shape index (κ2) is 7.87. The second-order valence-corrected chi connectivity index (χ2v) is 5.21. The normalized spacial score (nSPS) is 13.9. The minimum atomic E-state index is -0.126. The smallest absolute Gasteiger partial charge is 0.221 e. The van der Waals surface area contributed by atoms with Gasteiger partial charge in [0.05, 0.1) is 13.2 Å². The predicted molar refractivity (Wildman–Crippen MR) is 80.7 cm³/mol. The number of carbonyl (C=O) groups excluding carboxylic acids is 1. The molecule has 0 fully saturated rings. The molecule has 0 heterocycles. The van der Waals surface area contributed by atoms with E-state index in [2.05, 4.69) is 10.2 Å². The number of methoxy groups -OCH3 is 1. The van der Waals surface area contributed by atoms with E-state index in [9.17, 15) is 4.79 Å². The summed E-state index contributed by atoms with van der Waals surface area (Å²) in [7, 11) is 5.61. The van der Waals surface area contributed by atoms with Crippen LogP contribution < -0.4 is 15.8 Å². The number of carbonyl (C=O) groups is 1. The number of rotatable bonds is 7. The van der Waals surface area contributed by atoms with Crippen LogP contribution in [-0.2, 0) is 4.79 Å². The first kappa shape index (κ1) is 16.5. The van der Waals surface area contributed by atoms with Crippen LogP contribution in [0, 0.1) is 0 Å². The molecule has 3 N–H and O–H groups in total. The van der Waals surface area contributed by atoms with Crippen molar-refractivity contribution < 1.29 is 9.53 Å². The van der Waals surface area contributed by atoms with Gasteiger partial charge in [-0.25, -0.2) is 0 Å². The van der Waals surface area contributed by atoms with E-state index >= 15 is 0 Å². The lowest BCUT2D eigenvalue weighted by molar-refractivity contribution is -0.121. The van der Waals surface area contributed by atoms with Gasteiger partial charge in [0.25, 0.3) is 0 Å². The third-order valence-electron chi connectivity index (χ3n) is 3.12. The molecule has 0 spiro atoms. The van der Waals surface area contributed by atoms with E-state index in [1.807, 2.05) is 45.3 Å². The Morgan fingerprint density at radius 1 is 1.40 bits per heavy atom. The molecule has 0 aliphatic rings. The highest BCUT2D eigenvalue weighted by Crippen LogP contribution is 2.27. The molecule has 2 unspecified atom stereocenters. The molecule has 0 radical (unpaired) electrons. The molecule has 0 aliphatic carbocycles. The van der Waals surface area contributed by atoms with E-state index < -0.39 is 0 Å². The van der Waals surface area contributed by atoms with Crippen molar-refractivity contribution in [3.63, 3.8) is 0 Å². The summed E-state index contributed by atoms with van der Waals surface area (Å²) in [4.78, 5) is 13.8. The van der Waals surface area contributed by atoms with Crippen LogP contribution in [0.2, 0.25) is 0 Å². The van der Waals surface area contributed by atoms with Gasteiger partial charge in [0, 0.05) is 24.6 Å². The number of ether oxygens (including phenoxy) is 1. The van der Waals surface area contributed by atoms with Crippen LogP contribution in [0.3, 0.4) is 0 Å². The number of hydrogen-bond acceptors (Lipinski definition) is 4. The van der Waals surface area contributed by atoms with Gasteiger partial charge in [0.15, 0.2) is 0 Å². The summed E-state index contributed by atoms with van der Waals surface area (Å²) in [5.41, 5.74) is 6.68. The minimum Gasteiger partial charge on any atom is -0.496 e. The molecule has 0 bridgehead atoms. The lowest BCUT2D eigenvalue weighted by Gasteiger charge is -2.26. The summed E-state index contributed by atoms with van der Waals surface area (Å²) in [6.45, 7) is 2.35. The molecule has 20 heavy (non-hydrogen) atoms. The Bertz CT molecular complexity index is 433. The SMILES string of the molecule is COc1ccccc1C(CNC(=O)CC(C)N)N(C)C. The Morgan fingerprint density at radius 3 is 2.60 bits per heavy atom. The average molecular weight is 279 g/mol. The maximum absolute atomic E-state index is 11.7. The molecule has 0 saturated heterocycles. The molecule has 112 valence electrons. The summed E-state index contributed by atoms with van der Waals surface area (Å²) in [5.74, 6) is 0.800. The van der Waals surface area contributed by atoms with Crippen molar-refractivity contribution in [2.24, 2.45) is 5.73 Å². The monoisotopic (exact) mass is 279 g/mol. The van der Waals surface area contributed by atoms with Crippen molar-refractivity contribution in [1.29, 1.82) is 0 Å². The van der Waals surface area contributed by atoms with E-state index in [4.69, 9.17) is 10.5 Å². The number of nitrogens with zero attached hydrogens (tertiary/aromatic N) is 1. The Labute approximate surface area is 121 Å². The van der Waals surface area contributed by atoms with Gasteiger partial charge in [-0.05, 0) is 27.1 Å². The number of likely N-dealkylation sites (N-methyl/N-ethyl adjacent to an activating group) is 1. The highest BCUT2D eigenvalue weighted by molar-refractivity contribution is 5.76. The second-order valence-electron chi connectivity index (χ2n) is 5.21. The van der Waals surface area contributed by atoms with Gasteiger partial charge in [-0.2, -0.15) is 0 Å². The molecule has 1 aromatic rings. The molecule has 0 aromatic heterocycles. The fraction of sp³-hybridized carbons (Fsp3) is 0.533. The van der Waals surface area contributed by atoms with Crippen molar-refractivity contribution in [2.75, 3.05) is 27.7 Å². The van der Waals surface area contributed by atoms with Gasteiger partial charge >= 0.3 is 0 Å². The number of nitrogens with two attached hydrogens (primary N) is 1. The van der Waals surface area contributed by atoms with E-state index in [-0.39, 0.29) is 18.0 Å². The van der Waals surface area contributed by atoms with Crippen LogP contribution in [0.25, 0.3) is 0 Å². The molecule has 0 saturated carbocycles. The van der Waals surface area contributed by atoms with Gasteiger partial charge < -0.3 is 20.7 Å². The van der Waals surface area contributed by atoms with Crippen molar-refractivity contribution in [1.82, 2.24) is 10.2 Å². The number of para-hydroxylation sites is 1. The van der Waals surface area contributed by atoms with Gasteiger partial charge in [-0.1, -0.05) is 18.2 Å². The molecule has 1 aromatic carbocycles. The average Bonchev–Trinajstić information content (AvgIpc) is 2.38. The Hall–Kier alpha value is -1.59. The number of nitrogens with one attached hydrogen (secondary N) is 1. The van der Waals surface area contributed by atoms with Crippen molar-refractivity contribution in [3.8, 4) is 5.75 Å². The topological polar surface area (TPSA) is 67.6 Å². The predicted octanol–water partition coefficient (Wildman–Crippen LogP) is 1.15. The fourth-order valence-corrected chi connectivity index (χ4v) is 2.09. The van der Waals surface area contributed by atoms with Crippen LogP contribution in [-0.4, -0.2) is 44.6 Å². The highest BCUT2D eigenvalue weighted by Gasteiger charge is 2.19. The molecular formula is C15H25N3O2. The third-order valence-corrected chi connectivity index (χ3v) is 3.12. The van der Waals surface area contributed by atoms with Gasteiger partial charge in [0.2, 0.25) is 5.91 Å². The Kier molecular flexibility index (Phi) is 6.48.